The van der Waals surface area contributed by atoms with Gasteiger partial charge >= 0.3 is 6.03 Å². The zero-order chi connectivity index (χ0) is 13.2. The van der Waals surface area contributed by atoms with Crippen molar-refractivity contribution in [2.24, 2.45) is 0 Å². The zero-order valence-corrected chi connectivity index (χ0v) is 10.6. The Morgan fingerprint density at radius 2 is 2.00 bits per heavy atom. The lowest BCUT2D eigenvalue weighted by molar-refractivity contribution is 0.196. The van der Waals surface area contributed by atoms with Crippen molar-refractivity contribution < 1.29 is 14.3 Å². The van der Waals surface area contributed by atoms with Crippen molar-refractivity contribution in [2.75, 3.05) is 27.4 Å². The minimum atomic E-state index is -0.253. The number of hydrogen-bond acceptors (Lipinski definition) is 3. The molecule has 0 saturated carbocycles. The third kappa shape index (κ3) is 5.36. The maximum absolute atomic E-state index is 11.3. The Labute approximate surface area is 107 Å². The third-order valence-corrected chi connectivity index (χ3v) is 2.20. The van der Waals surface area contributed by atoms with E-state index in [9.17, 15) is 4.79 Å². The summed E-state index contributed by atoms with van der Waals surface area (Å²) in [5.41, 5.74) is 0.980. The molecule has 1 rings (SSSR count). The van der Waals surface area contributed by atoms with Gasteiger partial charge in [-0.25, -0.2) is 4.79 Å². The number of carbonyl (C=O) groups is 1. The standard InChI is InChI=1S/C13H18N2O3/c1-17-10-9-15-13(16)14-8-7-11-3-5-12(18-2)6-4-11/h3-8H,9-10H2,1-2H3,(H2,14,15,16)/b8-7+. The van der Waals surface area contributed by atoms with Crippen molar-refractivity contribution in [3.8, 4) is 5.75 Å². The highest BCUT2D eigenvalue weighted by Crippen LogP contribution is 2.11. The summed E-state index contributed by atoms with van der Waals surface area (Å²) in [6, 6.07) is 7.27. The Balaban J connectivity index is 2.32. The van der Waals surface area contributed by atoms with E-state index in [0.717, 1.165) is 11.3 Å². The molecule has 1 aromatic carbocycles. The minimum Gasteiger partial charge on any atom is -0.497 e. The molecule has 5 heteroatoms. The number of amides is 2. The van der Waals surface area contributed by atoms with Crippen LogP contribution in [0.5, 0.6) is 5.75 Å². The molecule has 98 valence electrons. The van der Waals surface area contributed by atoms with Gasteiger partial charge in [-0.1, -0.05) is 12.1 Å². The summed E-state index contributed by atoms with van der Waals surface area (Å²) in [6.07, 6.45) is 3.39. The van der Waals surface area contributed by atoms with E-state index in [1.807, 2.05) is 24.3 Å². The predicted molar refractivity (Wildman–Crippen MR) is 70.4 cm³/mol. The van der Waals surface area contributed by atoms with Gasteiger partial charge in [0.15, 0.2) is 0 Å². The highest BCUT2D eigenvalue weighted by molar-refractivity contribution is 5.75. The monoisotopic (exact) mass is 250 g/mol. The molecule has 0 fully saturated rings. The lowest BCUT2D eigenvalue weighted by Crippen LogP contribution is -2.34. The van der Waals surface area contributed by atoms with Gasteiger partial charge < -0.3 is 20.1 Å². The van der Waals surface area contributed by atoms with Gasteiger partial charge in [-0.05, 0) is 23.8 Å². The van der Waals surface area contributed by atoms with Crippen LogP contribution in [0.3, 0.4) is 0 Å². The van der Waals surface area contributed by atoms with Crippen LogP contribution in [0.4, 0.5) is 4.79 Å². The SMILES string of the molecule is COCCNC(=O)N/C=C/c1ccc(OC)cc1. The van der Waals surface area contributed by atoms with E-state index in [4.69, 9.17) is 9.47 Å². The van der Waals surface area contributed by atoms with E-state index in [2.05, 4.69) is 10.6 Å². The summed E-state index contributed by atoms with van der Waals surface area (Å²) in [6.45, 7) is 0.980. The van der Waals surface area contributed by atoms with Gasteiger partial charge in [0.25, 0.3) is 0 Å². The number of benzene rings is 1. The van der Waals surface area contributed by atoms with Crippen LogP contribution >= 0.6 is 0 Å². The van der Waals surface area contributed by atoms with E-state index >= 15 is 0 Å². The molecule has 2 amide bonds. The molecule has 0 radical (unpaired) electrons. The van der Waals surface area contributed by atoms with Crippen molar-refractivity contribution in [3.05, 3.63) is 36.0 Å². The van der Waals surface area contributed by atoms with Crippen molar-refractivity contribution in [3.63, 3.8) is 0 Å². The van der Waals surface area contributed by atoms with E-state index in [-0.39, 0.29) is 6.03 Å². The fraction of sp³-hybridized carbons (Fsp3) is 0.308. The maximum Gasteiger partial charge on any atom is 0.318 e. The molecule has 0 atom stereocenters. The van der Waals surface area contributed by atoms with Crippen LogP contribution in [-0.2, 0) is 4.74 Å². The molecule has 0 spiro atoms. The first-order valence-corrected chi connectivity index (χ1v) is 5.60. The number of urea groups is 1. The summed E-state index contributed by atoms with van der Waals surface area (Å²) < 4.78 is 9.87. The fourth-order valence-corrected chi connectivity index (χ4v) is 1.25. The van der Waals surface area contributed by atoms with E-state index in [0.29, 0.717) is 13.2 Å². The second-order valence-corrected chi connectivity index (χ2v) is 3.50. The molecular weight excluding hydrogens is 232 g/mol. The van der Waals surface area contributed by atoms with Crippen molar-refractivity contribution in [1.29, 1.82) is 0 Å². The molecule has 0 bridgehead atoms. The number of rotatable bonds is 6. The summed E-state index contributed by atoms with van der Waals surface area (Å²) in [7, 11) is 3.21. The Hall–Kier alpha value is -2.01. The molecule has 5 nitrogen and oxygen atoms in total. The Morgan fingerprint density at radius 1 is 1.28 bits per heavy atom. The number of ether oxygens (including phenoxy) is 2. The summed E-state index contributed by atoms with van der Waals surface area (Å²) in [4.78, 5) is 11.3. The normalized spacial score (nSPS) is 10.3. The van der Waals surface area contributed by atoms with E-state index < -0.39 is 0 Å². The number of hydrogen-bond donors (Lipinski definition) is 2. The van der Waals surface area contributed by atoms with Gasteiger partial charge in [0.2, 0.25) is 0 Å². The minimum absolute atomic E-state index is 0.253. The number of carbonyl (C=O) groups excluding carboxylic acids is 1. The maximum atomic E-state index is 11.3. The lowest BCUT2D eigenvalue weighted by Gasteiger charge is -2.03. The smallest absolute Gasteiger partial charge is 0.318 e. The molecule has 0 aliphatic carbocycles. The van der Waals surface area contributed by atoms with Gasteiger partial charge in [0.05, 0.1) is 13.7 Å². The molecule has 0 saturated heterocycles. The first kappa shape index (κ1) is 14.1. The number of methoxy groups -OCH3 is 2. The van der Waals surface area contributed by atoms with E-state index in [1.54, 1.807) is 26.5 Å². The predicted octanol–water partition coefficient (Wildman–Crippen LogP) is 1.61. The Bertz CT molecular complexity index is 388. The van der Waals surface area contributed by atoms with Gasteiger partial charge in [0, 0.05) is 19.9 Å². The van der Waals surface area contributed by atoms with Crippen molar-refractivity contribution >= 4 is 12.1 Å². The molecule has 1 aromatic rings. The highest BCUT2D eigenvalue weighted by Gasteiger charge is 1.95. The van der Waals surface area contributed by atoms with Crippen molar-refractivity contribution in [1.82, 2.24) is 10.6 Å². The zero-order valence-electron chi connectivity index (χ0n) is 10.6. The van der Waals surface area contributed by atoms with Gasteiger partial charge in [-0.15, -0.1) is 0 Å². The molecule has 0 aliphatic heterocycles. The molecular formula is C13H18N2O3. The van der Waals surface area contributed by atoms with Crippen LogP contribution in [0.2, 0.25) is 0 Å². The quantitative estimate of drug-likeness (QED) is 0.754. The summed E-state index contributed by atoms with van der Waals surface area (Å²) >= 11 is 0. The molecule has 0 aliphatic rings. The molecule has 2 N–H and O–H groups in total. The topological polar surface area (TPSA) is 59.6 Å². The average molecular weight is 250 g/mol. The first-order valence-electron chi connectivity index (χ1n) is 5.60. The van der Waals surface area contributed by atoms with E-state index in [1.165, 1.54) is 0 Å². The second-order valence-electron chi connectivity index (χ2n) is 3.50. The summed E-state index contributed by atoms with van der Waals surface area (Å²) in [5.74, 6) is 0.803. The molecule has 18 heavy (non-hydrogen) atoms. The largest absolute Gasteiger partial charge is 0.497 e. The fourth-order valence-electron chi connectivity index (χ4n) is 1.25. The van der Waals surface area contributed by atoms with Crippen LogP contribution in [-0.4, -0.2) is 33.4 Å². The van der Waals surface area contributed by atoms with Crippen LogP contribution in [0, 0.1) is 0 Å². The first-order chi connectivity index (χ1) is 8.76. The van der Waals surface area contributed by atoms with Crippen LogP contribution in [0.1, 0.15) is 5.56 Å². The molecule has 0 unspecified atom stereocenters. The highest BCUT2D eigenvalue weighted by atomic mass is 16.5. The molecule has 0 aromatic heterocycles. The molecule has 0 heterocycles. The van der Waals surface area contributed by atoms with Crippen LogP contribution in [0.15, 0.2) is 30.5 Å². The third-order valence-electron chi connectivity index (χ3n) is 2.20. The van der Waals surface area contributed by atoms with Gasteiger partial charge in [0.1, 0.15) is 5.75 Å². The Kier molecular flexibility index (Phi) is 6.35. The van der Waals surface area contributed by atoms with Crippen LogP contribution in [0.25, 0.3) is 6.08 Å². The Morgan fingerprint density at radius 3 is 2.61 bits per heavy atom. The van der Waals surface area contributed by atoms with Gasteiger partial charge in [-0.2, -0.15) is 0 Å². The van der Waals surface area contributed by atoms with Gasteiger partial charge in [-0.3, -0.25) is 0 Å². The second kappa shape index (κ2) is 8.14. The van der Waals surface area contributed by atoms with Crippen molar-refractivity contribution in [2.45, 2.75) is 0 Å². The lowest BCUT2D eigenvalue weighted by atomic mass is 10.2. The average Bonchev–Trinajstić information content (AvgIpc) is 2.40. The number of nitrogens with one attached hydrogen (secondary N) is 2. The van der Waals surface area contributed by atoms with Crippen LogP contribution < -0.4 is 15.4 Å². The summed E-state index contributed by atoms with van der Waals surface area (Å²) in [5, 5.41) is 5.24.